The predicted octanol–water partition coefficient (Wildman–Crippen LogP) is 1.59. The lowest BCUT2D eigenvalue weighted by atomic mass is 10.2. The van der Waals surface area contributed by atoms with Crippen LogP contribution in [0.1, 0.15) is 10.5 Å². The van der Waals surface area contributed by atoms with E-state index in [1.807, 2.05) is 0 Å². The standard InChI is InChI=1S/C13H15N3O2/c1-15-8-9(14)7-12(15)13(18)16(2)10-3-5-11(17)6-4-10/h3-8,17H,14H2,1-2H3. The molecule has 0 saturated carbocycles. The minimum absolute atomic E-state index is 0.153. The van der Waals surface area contributed by atoms with Crippen molar-refractivity contribution in [2.45, 2.75) is 0 Å². The van der Waals surface area contributed by atoms with Crippen LogP contribution in [-0.4, -0.2) is 22.6 Å². The fourth-order valence-electron chi connectivity index (χ4n) is 1.77. The molecule has 0 aliphatic heterocycles. The molecule has 5 nitrogen and oxygen atoms in total. The van der Waals surface area contributed by atoms with Crippen LogP contribution < -0.4 is 10.6 Å². The molecule has 2 rings (SSSR count). The maximum atomic E-state index is 12.3. The zero-order valence-corrected chi connectivity index (χ0v) is 10.3. The number of nitrogens with two attached hydrogens (primary N) is 1. The Morgan fingerprint density at radius 2 is 1.94 bits per heavy atom. The van der Waals surface area contributed by atoms with Gasteiger partial charge >= 0.3 is 0 Å². The molecular weight excluding hydrogens is 230 g/mol. The molecule has 1 amide bonds. The number of rotatable bonds is 2. The first kappa shape index (κ1) is 12.0. The number of phenols is 1. The number of carbonyl (C=O) groups is 1. The molecule has 0 bridgehead atoms. The lowest BCUT2D eigenvalue weighted by Gasteiger charge is -2.17. The monoisotopic (exact) mass is 245 g/mol. The van der Waals surface area contributed by atoms with Crippen LogP contribution in [0.5, 0.6) is 5.75 Å². The van der Waals surface area contributed by atoms with Gasteiger partial charge in [0.15, 0.2) is 0 Å². The van der Waals surface area contributed by atoms with Gasteiger partial charge in [-0.25, -0.2) is 0 Å². The molecule has 94 valence electrons. The highest BCUT2D eigenvalue weighted by atomic mass is 16.3. The van der Waals surface area contributed by atoms with Crippen LogP contribution >= 0.6 is 0 Å². The highest BCUT2D eigenvalue weighted by Crippen LogP contribution is 2.20. The molecule has 0 atom stereocenters. The second kappa shape index (κ2) is 4.44. The van der Waals surface area contributed by atoms with Gasteiger partial charge in [0, 0.05) is 26.0 Å². The van der Waals surface area contributed by atoms with Gasteiger partial charge in [-0.2, -0.15) is 0 Å². The number of hydrogen-bond acceptors (Lipinski definition) is 3. The van der Waals surface area contributed by atoms with E-state index in [0.29, 0.717) is 17.1 Å². The molecule has 0 saturated heterocycles. The number of aromatic hydroxyl groups is 1. The van der Waals surface area contributed by atoms with Crippen LogP contribution in [0.25, 0.3) is 0 Å². The Morgan fingerprint density at radius 3 is 2.44 bits per heavy atom. The van der Waals surface area contributed by atoms with Crippen molar-refractivity contribution in [2.75, 3.05) is 17.7 Å². The molecule has 0 aliphatic rings. The molecule has 18 heavy (non-hydrogen) atoms. The Balaban J connectivity index is 2.29. The van der Waals surface area contributed by atoms with Crippen molar-refractivity contribution in [3.05, 3.63) is 42.2 Å². The smallest absolute Gasteiger partial charge is 0.274 e. The lowest BCUT2D eigenvalue weighted by molar-refractivity contribution is 0.0985. The van der Waals surface area contributed by atoms with Gasteiger partial charge in [-0.3, -0.25) is 4.79 Å². The van der Waals surface area contributed by atoms with Crippen molar-refractivity contribution in [1.82, 2.24) is 4.57 Å². The Morgan fingerprint density at radius 1 is 1.33 bits per heavy atom. The second-order valence-corrected chi connectivity index (χ2v) is 4.15. The zero-order chi connectivity index (χ0) is 13.3. The van der Waals surface area contributed by atoms with E-state index in [0.717, 1.165) is 0 Å². The third-order valence-corrected chi connectivity index (χ3v) is 2.79. The second-order valence-electron chi connectivity index (χ2n) is 4.15. The number of carbonyl (C=O) groups excluding carboxylic acids is 1. The quantitative estimate of drug-likeness (QED) is 0.844. The number of nitrogens with zero attached hydrogens (tertiary/aromatic N) is 2. The van der Waals surface area contributed by atoms with Crippen molar-refractivity contribution in [3.63, 3.8) is 0 Å². The molecule has 0 fully saturated rings. The number of phenolic OH excluding ortho intramolecular Hbond substituents is 1. The normalized spacial score (nSPS) is 10.3. The topological polar surface area (TPSA) is 71.5 Å². The van der Waals surface area contributed by atoms with Gasteiger partial charge in [0.25, 0.3) is 5.91 Å². The zero-order valence-electron chi connectivity index (χ0n) is 10.3. The molecule has 2 aromatic rings. The Kier molecular flexibility index (Phi) is 2.97. The summed E-state index contributed by atoms with van der Waals surface area (Å²) in [6, 6.07) is 8.08. The van der Waals surface area contributed by atoms with E-state index in [1.54, 1.807) is 55.2 Å². The summed E-state index contributed by atoms with van der Waals surface area (Å²) in [5.41, 5.74) is 7.43. The van der Waals surface area contributed by atoms with Gasteiger partial charge in [0.05, 0.1) is 5.69 Å². The van der Waals surface area contributed by atoms with Crippen LogP contribution in [0.15, 0.2) is 36.5 Å². The van der Waals surface area contributed by atoms with Gasteiger partial charge in [-0.1, -0.05) is 0 Å². The van der Waals surface area contributed by atoms with E-state index < -0.39 is 0 Å². The van der Waals surface area contributed by atoms with E-state index in [4.69, 9.17) is 5.73 Å². The first-order valence-electron chi connectivity index (χ1n) is 5.48. The van der Waals surface area contributed by atoms with E-state index >= 15 is 0 Å². The van der Waals surface area contributed by atoms with Gasteiger partial charge in [-0.05, 0) is 30.3 Å². The molecule has 1 aromatic carbocycles. The summed E-state index contributed by atoms with van der Waals surface area (Å²) in [7, 11) is 3.45. The molecule has 0 unspecified atom stereocenters. The molecule has 0 aliphatic carbocycles. The summed E-state index contributed by atoms with van der Waals surface area (Å²) in [6.45, 7) is 0. The number of nitrogen functional groups attached to an aromatic ring is 1. The minimum Gasteiger partial charge on any atom is -0.508 e. The van der Waals surface area contributed by atoms with Gasteiger partial charge in [0.1, 0.15) is 11.4 Å². The Labute approximate surface area is 105 Å². The third kappa shape index (κ3) is 2.15. The molecule has 0 radical (unpaired) electrons. The Hall–Kier alpha value is -2.43. The van der Waals surface area contributed by atoms with E-state index in [1.165, 1.54) is 4.90 Å². The number of aromatic nitrogens is 1. The van der Waals surface area contributed by atoms with E-state index in [-0.39, 0.29) is 11.7 Å². The number of amides is 1. The summed E-state index contributed by atoms with van der Waals surface area (Å²) >= 11 is 0. The number of benzene rings is 1. The summed E-state index contributed by atoms with van der Waals surface area (Å²) in [5.74, 6) is 0.0163. The maximum absolute atomic E-state index is 12.3. The van der Waals surface area contributed by atoms with Gasteiger partial charge in [-0.15, -0.1) is 0 Å². The molecule has 3 N–H and O–H groups in total. The first-order valence-corrected chi connectivity index (χ1v) is 5.48. The molecule has 1 aromatic heterocycles. The van der Waals surface area contributed by atoms with Crippen LogP contribution in [0.3, 0.4) is 0 Å². The van der Waals surface area contributed by atoms with Gasteiger partial charge < -0.3 is 20.3 Å². The fourth-order valence-corrected chi connectivity index (χ4v) is 1.77. The predicted molar refractivity (Wildman–Crippen MR) is 70.7 cm³/mol. The average molecular weight is 245 g/mol. The summed E-state index contributed by atoms with van der Waals surface area (Å²) in [6.07, 6.45) is 1.69. The van der Waals surface area contributed by atoms with Crippen LogP contribution in [0.4, 0.5) is 11.4 Å². The van der Waals surface area contributed by atoms with Crippen molar-refractivity contribution < 1.29 is 9.90 Å². The van der Waals surface area contributed by atoms with Crippen molar-refractivity contribution >= 4 is 17.3 Å². The summed E-state index contributed by atoms with van der Waals surface area (Å²) < 4.78 is 1.69. The van der Waals surface area contributed by atoms with Crippen LogP contribution in [0, 0.1) is 0 Å². The Bertz CT molecular complexity index is 572. The number of hydrogen-bond donors (Lipinski definition) is 2. The maximum Gasteiger partial charge on any atom is 0.274 e. The highest BCUT2D eigenvalue weighted by molar-refractivity contribution is 6.05. The van der Waals surface area contributed by atoms with Crippen molar-refractivity contribution in [3.8, 4) is 5.75 Å². The largest absolute Gasteiger partial charge is 0.508 e. The highest BCUT2D eigenvalue weighted by Gasteiger charge is 2.16. The SMILES string of the molecule is CN(C(=O)c1cc(N)cn1C)c1ccc(O)cc1. The van der Waals surface area contributed by atoms with Crippen LogP contribution in [-0.2, 0) is 7.05 Å². The van der Waals surface area contributed by atoms with Gasteiger partial charge in [0.2, 0.25) is 0 Å². The molecule has 1 heterocycles. The fraction of sp³-hybridized carbons (Fsp3) is 0.154. The average Bonchev–Trinajstić information content (AvgIpc) is 2.67. The molecule has 0 spiro atoms. The number of anilines is 2. The van der Waals surface area contributed by atoms with E-state index in [2.05, 4.69) is 0 Å². The minimum atomic E-state index is -0.153. The summed E-state index contributed by atoms with van der Waals surface area (Å²) in [5, 5.41) is 9.22. The van der Waals surface area contributed by atoms with E-state index in [9.17, 15) is 9.90 Å². The van der Waals surface area contributed by atoms with Crippen molar-refractivity contribution in [1.29, 1.82) is 0 Å². The number of aryl methyl sites for hydroxylation is 1. The molecule has 5 heteroatoms. The third-order valence-electron chi connectivity index (χ3n) is 2.79. The van der Waals surface area contributed by atoms with Crippen molar-refractivity contribution in [2.24, 2.45) is 7.05 Å². The van der Waals surface area contributed by atoms with Crippen LogP contribution in [0.2, 0.25) is 0 Å². The molecular formula is C13H15N3O2. The lowest BCUT2D eigenvalue weighted by Crippen LogP contribution is -2.27. The first-order chi connectivity index (χ1) is 8.49. The summed E-state index contributed by atoms with van der Waals surface area (Å²) in [4.78, 5) is 13.8.